The van der Waals surface area contributed by atoms with Gasteiger partial charge in [-0.05, 0) is 60.0 Å². The lowest BCUT2D eigenvalue weighted by atomic mass is 10.1. The molecule has 0 spiro atoms. The number of carbonyl (C=O) groups is 2. The number of hydrazine groups is 1. The third kappa shape index (κ3) is 3.48. The Bertz CT molecular complexity index is 1030. The Labute approximate surface area is 165 Å². The summed E-state index contributed by atoms with van der Waals surface area (Å²) >= 11 is 3.48. The molecule has 0 bridgehead atoms. The minimum atomic E-state index is -0.437. The number of fused-ring (bicyclic) bond motifs is 1. The van der Waals surface area contributed by atoms with Crippen LogP contribution in [0.25, 0.3) is 10.9 Å². The van der Waals surface area contributed by atoms with Crippen LogP contribution >= 0.6 is 15.9 Å². The lowest BCUT2D eigenvalue weighted by Crippen LogP contribution is -2.30. The number of hydrogen-bond acceptors (Lipinski definition) is 4. The summed E-state index contributed by atoms with van der Waals surface area (Å²) in [5.74, 6) is 5.23. The fourth-order valence-corrected chi connectivity index (χ4v) is 4.12. The minimum absolute atomic E-state index is 0.161. The van der Waals surface area contributed by atoms with Crippen LogP contribution < -0.4 is 16.0 Å². The normalized spacial score (nSPS) is 10.9. The lowest BCUT2D eigenvalue weighted by Gasteiger charge is -2.13. The van der Waals surface area contributed by atoms with Crippen molar-refractivity contribution >= 4 is 38.6 Å². The Balaban J connectivity index is 1.98. The van der Waals surface area contributed by atoms with Crippen molar-refractivity contribution < 1.29 is 14.3 Å². The van der Waals surface area contributed by atoms with Gasteiger partial charge in [0, 0.05) is 11.1 Å². The number of aryl methyl sites for hydroxylation is 2. The van der Waals surface area contributed by atoms with E-state index in [1.807, 2.05) is 38.1 Å². The number of carbonyl (C=O) groups excluding carboxylic acids is 2. The third-order valence-electron chi connectivity index (χ3n) is 4.43. The molecule has 140 valence electrons. The van der Waals surface area contributed by atoms with E-state index in [1.165, 1.54) is 4.57 Å². The Morgan fingerprint density at radius 2 is 1.89 bits per heavy atom. The second-order valence-corrected chi connectivity index (χ2v) is 7.22. The first kappa shape index (κ1) is 19.1. The summed E-state index contributed by atoms with van der Waals surface area (Å²) in [7, 11) is 0. The average molecular weight is 430 g/mol. The van der Waals surface area contributed by atoms with Crippen molar-refractivity contribution in [3.63, 3.8) is 0 Å². The molecule has 0 radical (unpaired) electrons. The highest BCUT2D eigenvalue weighted by molar-refractivity contribution is 9.10. The fourth-order valence-electron chi connectivity index (χ4n) is 3.33. The van der Waals surface area contributed by atoms with Gasteiger partial charge in [0.25, 0.3) is 11.8 Å². The summed E-state index contributed by atoms with van der Waals surface area (Å²) in [5.41, 5.74) is 5.73. The number of hydrogen-bond donors (Lipinski definition) is 2. The number of ether oxygens (including phenoxy) is 1. The molecule has 1 amide bonds. The molecule has 6 nitrogen and oxygen atoms in total. The third-order valence-corrected chi connectivity index (χ3v) is 5.02. The van der Waals surface area contributed by atoms with Gasteiger partial charge in [-0.2, -0.15) is 0 Å². The molecule has 0 atom stereocenters. The Hall–Kier alpha value is -2.64. The SMILES string of the molecule is Cc1cc(C)c(OCC(=O)n2c(C)c(C(=O)NN)c3ccccc32)c(Br)c1. The van der Waals surface area contributed by atoms with Gasteiger partial charge < -0.3 is 4.74 Å². The molecule has 1 aromatic heterocycles. The smallest absolute Gasteiger partial charge is 0.269 e. The molecule has 2 aromatic carbocycles. The van der Waals surface area contributed by atoms with Crippen molar-refractivity contribution in [2.24, 2.45) is 5.84 Å². The molecule has 27 heavy (non-hydrogen) atoms. The summed E-state index contributed by atoms with van der Waals surface area (Å²) in [6.07, 6.45) is 0. The molecule has 0 unspecified atom stereocenters. The van der Waals surface area contributed by atoms with Gasteiger partial charge in [-0.1, -0.05) is 24.3 Å². The van der Waals surface area contributed by atoms with Gasteiger partial charge >= 0.3 is 0 Å². The number of halogens is 1. The van der Waals surface area contributed by atoms with Crippen LogP contribution in [0, 0.1) is 20.8 Å². The molecule has 0 aliphatic heterocycles. The van der Waals surface area contributed by atoms with Crippen molar-refractivity contribution in [1.29, 1.82) is 0 Å². The van der Waals surface area contributed by atoms with Gasteiger partial charge in [0.05, 0.1) is 15.6 Å². The maximum Gasteiger partial charge on any atom is 0.269 e. The molecule has 0 aliphatic carbocycles. The summed E-state index contributed by atoms with van der Waals surface area (Å²) in [5, 5.41) is 0.666. The van der Waals surface area contributed by atoms with Crippen LogP contribution in [-0.2, 0) is 0 Å². The largest absolute Gasteiger partial charge is 0.482 e. The number of aromatic nitrogens is 1. The van der Waals surface area contributed by atoms with Crippen molar-refractivity contribution in [1.82, 2.24) is 9.99 Å². The van der Waals surface area contributed by atoms with Crippen LogP contribution in [-0.4, -0.2) is 23.0 Å². The van der Waals surface area contributed by atoms with Crippen molar-refractivity contribution in [3.05, 3.63) is 63.3 Å². The minimum Gasteiger partial charge on any atom is -0.482 e. The number of para-hydroxylation sites is 1. The maximum atomic E-state index is 12.9. The highest BCUT2D eigenvalue weighted by atomic mass is 79.9. The number of benzene rings is 2. The van der Waals surface area contributed by atoms with E-state index in [1.54, 1.807) is 19.1 Å². The van der Waals surface area contributed by atoms with Gasteiger partial charge in [-0.15, -0.1) is 0 Å². The van der Waals surface area contributed by atoms with Gasteiger partial charge in [-0.25, -0.2) is 5.84 Å². The molecule has 3 aromatic rings. The molecule has 0 saturated heterocycles. The molecule has 0 aliphatic rings. The van der Waals surface area contributed by atoms with Crippen LogP contribution in [0.3, 0.4) is 0 Å². The number of nitrogens with zero attached hydrogens (tertiary/aromatic N) is 1. The Kier molecular flexibility index (Phi) is 5.34. The van der Waals surface area contributed by atoms with E-state index in [-0.39, 0.29) is 12.5 Å². The summed E-state index contributed by atoms with van der Waals surface area (Å²) in [4.78, 5) is 25.1. The van der Waals surface area contributed by atoms with Crippen molar-refractivity contribution in [3.8, 4) is 5.75 Å². The van der Waals surface area contributed by atoms with Crippen LogP contribution in [0.2, 0.25) is 0 Å². The number of nitrogens with two attached hydrogens (primary N) is 1. The van der Waals surface area contributed by atoms with Crippen LogP contribution in [0.1, 0.15) is 32.0 Å². The second-order valence-electron chi connectivity index (χ2n) is 6.36. The molecule has 1 heterocycles. The molecular formula is C20H20BrN3O3. The second kappa shape index (κ2) is 7.54. The first-order valence-corrected chi connectivity index (χ1v) is 9.18. The van der Waals surface area contributed by atoms with E-state index in [0.717, 1.165) is 15.6 Å². The van der Waals surface area contributed by atoms with Crippen molar-refractivity contribution in [2.45, 2.75) is 20.8 Å². The van der Waals surface area contributed by atoms with Crippen LogP contribution in [0.4, 0.5) is 0 Å². The lowest BCUT2D eigenvalue weighted by molar-refractivity contribution is 0.0840. The van der Waals surface area contributed by atoms with Gasteiger partial charge in [0.1, 0.15) is 5.75 Å². The van der Waals surface area contributed by atoms with Crippen LogP contribution in [0.5, 0.6) is 5.75 Å². The predicted octanol–water partition coefficient (Wildman–Crippen LogP) is 3.65. The Morgan fingerprint density at radius 1 is 1.19 bits per heavy atom. The van der Waals surface area contributed by atoms with E-state index in [2.05, 4.69) is 21.4 Å². The zero-order valence-corrected chi connectivity index (χ0v) is 16.9. The fraction of sp³-hybridized carbons (Fsp3) is 0.200. The molecule has 3 N–H and O–H groups in total. The van der Waals surface area contributed by atoms with E-state index in [0.29, 0.717) is 27.9 Å². The van der Waals surface area contributed by atoms with Gasteiger partial charge in [0.2, 0.25) is 0 Å². The van der Waals surface area contributed by atoms with E-state index < -0.39 is 5.91 Å². The number of nitrogens with one attached hydrogen (secondary N) is 1. The Morgan fingerprint density at radius 3 is 2.56 bits per heavy atom. The molecule has 0 saturated carbocycles. The van der Waals surface area contributed by atoms with Crippen molar-refractivity contribution in [2.75, 3.05) is 6.61 Å². The molecule has 3 rings (SSSR count). The van der Waals surface area contributed by atoms with Gasteiger partial charge in [-0.3, -0.25) is 19.6 Å². The summed E-state index contributed by atoms with van der Waals surface area (Å²) in [6, 6.07) is 11.1. The quantitative estimate of drug-likeness (QED) is 0.376. The predicted molar refractivity (Wildman–Crippen MR) is 108 cm³/mol. The molecule has 0 fully saturated rings. The number of nitrogen functional groups attached to an aromatic ring is 1. The number of amides is 1. The highest BCUT2D eigenvalue weighted by Crippen LogP contribution is 2.31. The topological polar surface area (TPSA) is 86.3 Å². The van der Waals surface area contributed by atoms with E-state index >= 15 is 0 Å². The standard InChI is InChI=1S/C20H20BrN3O3/c1-11-8-12(2)19(15(21)9-11)27-10-17(25)24-13(3)18(20(26)23-22)14-6-4-5-7-16(14)24/h4-9H,10,22H2,1-3H3,(H,23,26). The molecule has 7 heteroatoms. The number of rotatable bonds is 4. The molecular weight excluding hydrogens is 410 g/mol. The monoisotopic (exact) mass is 429 g/mol. The summed E-state index contributed by atoms with van der Waals surface area (Å²) < 4.78 is 8.09. The highest BCUT2D eigenvalue weighted by Gasteiger charge is 2.23. The summed E-state index contributed by atoms with van der Waals surface area (Å²) in [6.45, 7) is 5.48. The average Bonchev–Trinajstić information content (AvgIpc) is 2.91. The first-order valence-electron chi connectivity index (χ1n) is 8.39. The maximum absolute atomic E-state index is 12.9. The van der Waals surface area contributed by atoms with E-state index in [9.17, 15) is 9.59 Å². The zero-order chi connectivity index (χ0) is 19.7. The first-order chi connectivity index (χ1) is 12.8. The zero-order valence-electron chi connectivity index (χ0n) is 15.3. The van der Waals surface area contributed by atoms with Gasteiger partial charge in [0.15, 0.2) is 6.61 Å². The van der Waals surface area contributed by atoms with E-state index in [4.69, 9.17) is 10.6 Å². The van der Waals surface area contributed by atoms with Crippen LogP contribution in [0.15, 0.2) is 40.9 Å².